The van der Waals surface area contributed by atoms with E-state index in [1.165, 1.54) is 0 Å². The number of carbonyl (C=O) groups is 2. The lowest BCUT2D eigenvalue weighted by Crippen LogP contribution is -2.40. The van der Waals surface area contributed by atoms with Gasteiger partial charge in [0.2, 0.25) is 0 Å². The van der Waals surface area contributed by atoms with Crippen molar-refractivity contribution in [1.29, 1.82) is 0 Å². The molecule has 2 unspecified atom stereocenters. The van der Waals surface area contributed by atoms with Crippen LogP contribution < -0.4 is 5.32 Å². The number of nitrogens with zero attached hydrogens (tertiary/aromatic N) is 3. The maximum atomic E-state index is 12.3. The second-order valence-corrected chi connectivity index (χ2v) is 6.01. The maximum Gasteiger partial charge on any atom is 0.317 e. The fourth-order valence-corrected chi connectivity index (χ4v) is 2.87. The predicted octanol–water partition coefficient (Wildman–Crippen LogP) is 2.05. The van der Waals surface area contributed by atoms with Crippen LogP contribution in [0.15, 0.2) is 43.0 Å². The molecule has 0 radical (unpaired) electrons. The second-order valence-electron chi connectivity index (χ2n) is 6.01. The molecule has 2 amide bonds. The molecule has 7 heteroatoms. The minimum atomic E-state index is -0.841. The normalized spacial score (nSPS) is 18.4. The molecule has 2 aromatic rings. The lowest BCUT2D eigenvalue weighted by Gasteiger charge is -2.21. The predicted molar refractivity (Wildman–Crippen MR) is 87.8 cm³/mol. The summed E-state index contributed by atoms with van der Waals surface area (Å²) in [6.45, 7) is 2.66. The largest absolute Gasteiger partial charge is 0.481 e. The van der Waals surface area contributed by atoms with Crippen molar-refractivity contribution in [3.63, 3.8) is 0 Å². The first kappa shape index (κ1) is 16.0. The summed E-state index contributed by atoms with van der Waals surface area (Å²) in [4.78, 5) is 28.9. The Morgan fingerprint density at radius 3 is 2.92 bits per heavy atom. The lowest BCUT2D eigenvalue weighted by atomic mass is 10.1. The van der Waals surface area contributed by atoms with Crippen LogP contribution in [0.1, 0.15) is 24.9 Å². The van der Waals surface area contributed by atoms with E-state index in [4.69, 9.17) is 5.11 Å². The van der Waals surface area contributed by atoms with Gasteiger partial charge < -0.3 is 19.9 Å². The van der Waals surface area contributed by atoms with Crippen LogP contribution in [0.25, 0.3) is 5.69 Å². The molecule has 0 saturated carbocycles. The van der Waals surface area contributed by atoms with Crippen LogP contribution in [-0.2, 0) is 4.79 Å². The highest BCUT2D eigenvalue weighted by atomic mass is 16.4. The van der Waals surface area contributed by atoms with Crippen molar-refractivity contribution < 1.29 is 14.7 Å². The second kappa shape index (κ2) is 6.74. The van der Waals surface area contributed by atoms with Crippen molar-refractivity contribution in [1.82, 2.24) is 19.8 Å². The Kier molecular flexibility index (Phi) is 4.50. The monoisotopic (exact) mass is 328 g/mol. The van der Waals surface area contributed by atoms with Crippen LogP contribution in [0, 0.1) is 5.92 Å². The molecule has 2 heterocycles. The van der Waals surface area contributed by atoms with E-state index in [2.05, 4.69) is 10.3 Å². The Bertz CT molecular complexity index is 729. The van der Waals surface area contributed by atoms with Gasteiger partial charge in [-0.05, 0) is 31.0 Å². The molecule has 1 aliphatic rings. The smallest absolute Gasteiger partial charge is 0.317 e. The molecule has 1 fully saturated rings. The molecule has 1 aromatic carbocycles. The minimum Gasteiger partial charge on any atom is -0.481 e. The average Bonchev–Trinajstić information content (AvgIpc) is 3.26. The van der Waals surface area contributed by atoms with E-state index < -0.39 is 11.9 Å². The molecule has 7 nitrogen and oxygen atoms in total. The Morgan fingerprint density at radius 2 is 2.25 bits per heavy atom. The van der Waals surface area contributed by atoms with Gasteiger partial charge in [0.15, 0.2) is 0 Å². The molecule has 0 bridgehead atoms. The van der Waals surface area contributed by atoms with Crippen molar-refractivity contribution in [2.75, 3.05) is 13.1 Å². The molecule has 0 aliphatic carbocycles. The third-order valence-electron chi connectivity index (χ3n) is 4.34. The quantitative estimate of drug-likeness (QED) is 0.899. The Morgan fingerprint density at radius 1 is 1.42 bits per heavy atom. The van der Waals surface area contributed by atoms with Crippen LogP contribution in [0.2, 0.25) is 0 Å². The summed E-state index contributed by atoms with van der Waals surface area (Å²) in [7, 11) is 0. The summed E-state index contributed by atoms with van der Waals surface area (Å²) in [6, 6.07) is 7.46. The summed E-state index contributed by atoms with van der Waals surface area (Å²) in [5.74, 6) is -1.30. The molecule has 0 spiro atoms. The third kappa shape index (κ3) is 3.40. The van der Waals surface area contributed by atoms with E-state index >= 15 is 0 Å². The summed E-state index contributed by atoms with van der Waals surface area (Å²) < 4.78 is 1.90. The van der Waals surface area contributed by atoms with Crippen LogP contribution in [0.4, 0.5) is 4.79 Å². The summed E-state index contributed by atoms with van der Waals surface area (Å²) in [6.07, 6.45) is 5.80. The Hall–Kier alpha value is -2.83. The summed E-state index contributed by atoms with van der Waals surface area (Å²) in [5.41, 5.74) is 1.95. The van der Waals surface area contributed by atoms with Crippen molar-refractivity contribution in [2.45, 2.75) is 19.4 Å². The fraction of sp³-hybridized carbons (Fsp3) is 0.353. The summed E-state index contributed by atoms with van der Waals surface area (Å²) in [5, 5.41) is 12.0. The van der Waals surface area contributed by atoms with Gasteiger partial charge in [0, 0.05) is 31.2 Å². The number of likely N-dealkylation sites (tertiary alicyclic amines) is 1. The topological polar surface area (TPSA) is 87.5 Å². The van der Waals surface area contributed by atoms with E-state index in [9.17, 15) is 9.59 Å². The van der Waals surface area contributed by atoms with Crippen LogP contribution >= 0.6 is 0 Å². The van der Waals surface area contributed by atoms with Gasteiger partial charge in [-0.3, -0.25) is 4.79 Å². The number of carboxylic acid groups (broad SMARTS) is 1. The number of aliphatic carboxylic acids is 1. The van der Waals surface area contributed by atoms with E-state index in [0.29, 0.717) is 13.0 Å². The van der Waals surface area contributed by atoms with E-state index in [-0.39, 0.29) is 18.6 Å². The molecule has 1 aromatic heterocycles. The minimum absolute atomic E-state index is 0.176. The number of carbonyl (C=O) groups excluding carboxylic acids is 1. The van der Waals surface area contributed by atoms with Gasteiger partial charge in [0.1, 0.15) is 0 Å². The fourth-order valence-electron chi connectivity index (χ4n) is 2.87. The average molecular weight is 328 g/mol. The highest BCUT2D eigenvalue weighted by Gasteiger charge is 2.31. The Balaban J connectivity index is 1.65. The number of nitrogens with one attached hydrogen (secondary N) is 1. The zero-order valence-corrected chi connectivity index (χ0v) is 13.4. The highest BCUT2D eigenvalue weighted by molar-refractivity contribution is 5.77. The SMILES string of the molecule is CC(NC(=O)N1CCC(C(=O)O)C1)c1cccc(-n2ccnc2)c1. The number of hydrogen-bond acceptors (Lipinski definition) is 3. The van der Waals surface area contributed by atoms with Crippen molar-refractivity contribution in [3.8, 4) is 5.69 Å². The lowest BCUT2D eigenvalue weighted by molar-refractivity contribution is -0.141. The molecular weight excluding hydrogens is 308 g/mol. The third-order valence-corrected chi connectivity index (χ3v) is 4.34. The number of rotatable bonds is 4. The Labute approximate surface area is 139 Å². The number of urea groups is 1. The number of aromatic nitrogens is 2. The molecule has 2 N–H and O–H groups in total. The molecule has 24 heavy (non-hydrogen) atoms. The van der Waals surface area contributed by atoms with Crippen LogP contribution in [-0.4, -0.2) is 44.6 Å². The van der Waals surface area contributed by atoms with Crippen molar-refractivity contribution in [2.24, 2.45) is 5.92 Å². The van der Waals surface area contributed by atoms with Gasteiger partial charge in [0.25, 0.3) is 0 Å². The van der Waals surface area contributed by atoms with Crippen LogP contribution in [0.3, 0.4) is 0 Å². The molecule has 3 rings (SSSR count). The van der Waals surface area contributed by atoms with Gasteiger partial charge in [-0.15, -0.1) is 0 Å². The zero-order valence-electron chi connectivity index (χ0n) is 13.4. The van der Waals surface area contributed by atoms with E-state index in [1.807, 2.05) is 42.0 Å². The van der Waals surface area contributed by atoms with Crippen molar-refractivity contribution in [3.05, 3.63) is 48.5 Å². The maximum absolute atomic E-state index is 12.3. The summed E-state index contributed by atoms with van der Waals surface area (Å²) >= 11 is 0. The first-order chi connectivity index (χ1) is 11.5. The van der Waals surface area contributed by atoms with E-state index in [1.54, 1.807) is 17.4 Å². The standard InChI is InChI=1S/C17H20N4O3/c1-12(19-17(24)20-7-5-14(10-20)16(22)23)13-3-2-4-15(9-13)21-8-6-18-11-21/h2-4,6,8-9,11-12,14H,5,7,10H2,1H3,(H,19,24)(H,22,23). The van der Waals surface area contributed by atoms with Gasteiger partial charge in [-0.2, -0.15) is 0 Å². The van der Waals surface area contributed by atoms with Gasteiger partial charge in [-0.1, -0.05) is 12.1 Å². The number of carboxylic acids is 1. The van der Waals surface area contributed by atoms with Gasteiger partial charge >= 0.3 is 12.0 Å². The van der Waals surface area contributed by atoms with Crippen molar-refractivity contribution >= 4 is 12.0 Å². The molecule has 2 atom stereocenters. The number of imidazole rings is 1. The molecule has 1 saturated heterocycles. The number of benzene rings is 1. The number of amides is 2. The first-order valence-corrected chi connectivity index (χ1v) is 7.91. The highest BCUT2D eigenvalue weighted by Crippen LogP contribution is 2.20. The van der Waals surface area contributed by atoms with Gasteiger partial charge in [0.05, 0.1) is 18.3 Å². The van der Waals surface area contributed by atoms with Gasteiger partial charge in [-0.25, -0.2) is 9.78 Å². The molecule has 1 aliphatic heterocycles. The zero-order chi connectivity index (χ0) is 17.1. The first-order valence-electron chi connectivity index (χ1n) is 7.91. The number of hydrogen-bond donors (Lipinski definition) is 2. The molecular formula is C17H20N4O3. The molecule has 126 valence electrons. The van der Waals surface area contributed by atoms with Crippen LogP contribution in [0.5, 0.6) is 0 Å². The van der Waals surface area contributed by atoms with E-state index in [0.717, 1.165) is 11.3 Å².